The Morgan fingerprint density at radius 1 is 1.07 bits per heavy atom. The van der Waals surface area contributed by atoms with Gasteiger partial charge in [-0.3, -0.25) is 0 Å². The minimum atomic E-state index is 0. The van der Waals surface area contributed by atoms with Gasteiger partial charge in [-0.05, 0) is 52.8 Å². The normalized spacial score (nSPS) is 10.2. The summed E-state index contributed by atoms with van der Waals surface area (Å²) in [4.78, 5) is 9.37. The zero-order valence-corrected chi connectivity index (χ0v) is 18.7. The minimum Gasteiger partial charge on any atom is -1.00 e. The molecule has 0 aliphatic rings. The van der Waals surface area contributed by atoms with E-state index in [0.29, 0.717) is 5.82 Å². The highest BCUT2D eigenvalue weighted by molar-refractivity contribution is 7.13. The maximum atomic E-state index is 6.00. The number of thiazole rings is 1. The van der Waals surface area contributed by atoms with Gasteiger partial charge in [0.05, 0.1) is 0 Å². The molecule has 0 fully saturated rings. The summed E-state index contributed by atoms with van der Waals surface area (Å²) in [6.45, 7) is 4.08. The number of nitrogens with zero attached hydrogens (tertiary/aromatic N) is 7. The molecule has 0 saturated heterocycles. The van der Waals surface area contributed by atoms with Gasteiger partial charge in [-0.25, -0.2) is 5.53 Å². The van der Waals surface area contributed by atoms with Crippen LogP contribution in [0.1, 0.15) is 10.6 Å². The molecule has 0 saturated carbocycles. The predicted molar refractivity (Wildman–Crippen MR) is 111 cm³/mol. The zero-order chi connectivity index (χ0) is 20.6. The highest BCUT2D eigenvalue weighted by atomic mass is 79.9. The van der Waals surface area contributed by atoms with E-state index in [9.17, 15) is 0 Å². The number of aromatic nitrogens is 5. The summed E-state index contributed by atoms with van der Waals surface area (Å²) < 4.78 is 0. The van der Waals surface area contributed by atoms with Crippen molar-refractivity contribution in [3.63, 3.8) is 0 Å². The molecule has 0 aliphatic carbocycles. The van der Waals surface area contributed by atoms with Crippen LogP contribution in [0.25, 0.3) is 22.2 Å². The molecule has 0 atom stereocenters. The number of nitrogens with one attached hydrogen (secondary N) is 1. The SMILES string of the molecule is Cc1nc(-[n+]2nc(-c3ccccc3)nn2-c2ccccc2)sc1C.N=N/C=N/N.[Br-]. The molecule has 2 aromatic carbocycles. The van der Waals surface area contributed by atoms with Crippen LogP contribution in [-0.4, -0.2) is 26.3 Å². The fraction of sp³-hybridized carbons (Fsp3) is 0.105. The lowest BCUT2D eigenvalue weighted by Crippen LogP contribution is -3.00. The van der Waals surface area contributed by atoms with Crippen LogP contribution in [-0.2, 0) is 0 Å². The van der Waals surface area contributed by atoms with Crippen molar-refractivity contribution in [3.05, 3.63) is 71.2 Å². The van der Waals surface area contributed by atoms with Crippen LogP contribution in [0.15, 0.2) is 70.9 Å². The maximum Gasteiger partial charge on any atom is 0.364 e. The van der Waals surface area contributed by atoms with Gasteiger partial charge in [-0.15, -0.1) is 5.11 Å². The van der Waals surface area contributed by atoms with Crippen molar-refractivity contribution >= 4 is 17.7 Å². The topological polar surface area (TPSA) is 122 Å². The zero-order valence-electron chi connectivity index (χ0n) is 16.3. The lowest BCUT2D eigenvalue weighted by atomic mass is 10.2. The summed E-state index contributed by atoms with van der Waals surface area (Å²) in [5.41, 5.74) is 8.94. The van der Waals surface area contributed by atoms with Crippen molar-refractivity contribution in [2.24, 2.45) is 16.1 Å². The number of hydrogen-bond acceptors (Lipinski definition) is 7. The monoisotopic (exact) mass is 485 g/mol. The summed E-state index contributed by atoms with van der Waals surface area (Å²) in [6.07, 6.45) is 0.944. The maximum absolute atomic E-state index is 6.00. The van der Waals surface area contributed by atoms with Crippen molar-refractivity contribution in [1.82, 2.24) is 20.0 Å². The van der Waals surface area contributed by atoms with Gasteiger partial charge in [0.1, 0.15) is 11.4 Å². The van der Waals surface area contributed by atoms with Gasteiger partial charge in [-0.1, -0.05) is 52.7 Å². The molecule has 30 heavy (non-hydrogen) atoms. The third kappa shape index (κ3) is 5.39. The fourth-order valence-electron chi connectivity index (χ4n) is 2.41. The molecule has 0 aliphatic heterocycles. The number of hydrogen-bond donors (Lipinski definition) is 2. The molecular formula is C19H20BrN9S. The van der Waals surface area contributed by atoms with Crippen molar-refractivity contribution in [1.29, 1.82) is 5.53 Å². The van der Waals surface area contributed by atoms with Gasteiger partial charge in [0.15, 0.2) is 6.34 Å². The van der Waals surface area contributed by atoms with E-state index < -0.39 is 0 Å². The summed E-state index contributed by atoms with van der Waals surface area (Å²) in [7, 11) is 0. The second-order valence-corrected chi connectivity index (χ2v) is 7.02. The molecule has 2 aromatic heterocycles. The average Bonchev–Trinajstić information content (AvgIpc) is 3.34. The number of benzene rings is 2. The molecule has 11 heteroatoms. The third-order valence-electron chi connectivity index (χ3n) is 3.89. The molecule has 0 spiro atoms. The lowest BCUT2D eigenvalue weighted by molar-refractivity contribution is -0.734. The van der Waals surface area contributed by atoms with E-state index in [2.05, 4.69) is 28.0 Å². The molecule has 2 heterocycles. The molecule has 154 valence electrons. The van der Waals surface area contributed by atoms with E-state index in [4.69, 9.17) is 15.7 Å². The first-order valence-electron chi connectivity index (χ1n) is 8.67. The Kier molecular flexibility index (Phi) is 8.44. The van der Waals surface area contributed by atoms with Crippen molar-refractivity contribution < 1.29 is 21.8 Å². The first kappa shape index (κ1) is 23.0. The first-order chi connectivity index (χ1) is 14.1. The van der Waals surface area contributed by atoms with E-state index >= 15 is 0 Å². The minimum absolute atomic E-state index is 0. The summed E-state index contributed by atoms with van der Waals surface area (Å²) >= 11 is 1.61. The van der Waals surface area contributed by atoms with Crippen LogP contribution < -0.4 is 27.6 Å². The molecular weight excluding hydrogens is 466 g/mol. The molecule has 0 bridgehead atoms. The van der Waals surface area contributed by atoms with Crippen molar-refractivity contribution in [3.8, 4) is 22.2 Å². The van der Waals surface area contributed by atoms with E-state index in [-0.39, 0.29) is 17.0 Å². The third-order valence-corrected chi connectivity index (χ3v) is 4.93. The largest absolute Gasteiger partial charge is 1.00 e. The van der Waals surface area contributed by atoms with Crippen molar-refractivity contribution in [2.45, 2.75) is 13.8 Å². The molecule has 4 aromatic rings. The van der Waals surface area contributed by atoms with Crippen LogP contribution >= 0.6 is 11.3 Å². The van der Waals surface area contributed by atoms with E-state index in [1.165, 1.54) is 4.88 Å². The Labute approximate surface area is 188 Å². The highest BCUT2D eigenvalue weighted by Gasteiger charge is 2.24. The van der Waals surface area contributed by atoms with Gasteiger partial charge < -0.3 is 22.8 Å². The Morgan fingerprint density at radius 2 is 1.70 bits per heavy atom. The molecule has 0 unspecified atom stereocenters. The summed E-state index contributed by atoms with van der Waals surface area (Å²) in [6, 6.07) is 20.0. The number of aryl methyl sites for hydroxylation is 2. The van der Waals surface area contributed by atoms with E-state index in [1.54, 1.807) is 20.9 Å². The molecule has 0 amide bonds. The highest BCUT2D eigenvalue weighted by Crippen LogP contribution is 2.18. The van der Waals surface area contributed by atoms with Gasteiger partial charge in [0.25, 0.3) is 5.82 Å². The number of para-hydroxylation sites is 1. The first-order valence-corrected chi connectivity index (χ1v) is 9.49. The second kappa shape index (κ2) is 11.0. The van der Waals surface area contributed by atoms with Crippen LogP contribution in [0.2, 0.25) is 0 Å². The number of halogens is 1. The van der Waals surface area contributed by atoms with Gasteiger partial charge in [0.2, 0.25) is 0 Å². The van der Waals surface area contributed by atoms with Crippen LogP contribution in [0.4, 0.5) is 0 Å². The summed E-state index contributed by atoms with van der Waals surface area (Å²) in [5.74, 6) is 5.17. The Balaban J connectivity index is 0.000000482. The number of nitrogens with two attached hydrogens (primary N) is 1. The van der Waals surface area contributed by atoms with E-state index in [1.807, 2.05) is 67.6 Å². The standard InChI is InChI=1S/C18H16N5S.CH4N4.BrH/c1-13-14(2)24-18(19-13)23-21-17(15-9-5-3-6-10-15)20-22(23)16-11-7-4-8-12-16;2-4-1-5-3;/h3-12H,1-2H3;1-2H,3H2;1H/q+1;;/p-1/b;4-2?,5-1+;. The van der Waals surface area contributed by atoms with Gasteiger partial charge >= 0.3 is 5.13 Å². The Hall–Kier alpha value is -3.31. The number of rotatable bonds is 4. The summed E-state index contributed by atoms with van der Waals surface area (Å²) in [5, 5.41) is 15.8. The van der Waals surface area contributed by atoms with E-state index in [0.717, 1.165) is 28.4 Å². The second-order valence-electron chi connectivity index (χ2n) is 5.84. The average molecular weight is 486 g/mol. The number of hydrazone groups is 1. The van der Waals surface area contributed by atoms with Crippen molar-refractivity contribution in [2.75, 3.05) is 0 Å². The Bertz CT molecular complexity index is 1090. The lowest BCUT2D eigenvalue weighted by Gasteiger charge is -1.97. The molecule has 9 nitrogen and oxygen atoms in total. The molecule has 4 rings (SSSR count). The number of tetrazole rings is 1. The van der Waals surface area contributed by atoms with Gasteiger partial charge in [-0.2, -0.15) is 5.10 Å². The fourth-order valence-corrected chi connectivity index (χ4v) is 3.26. The van der Waals surface area contributed by atoms with Gasteiger partial charge in [0, 0.05) is 15.5 Å². The Morgan fingerprint density at radius 3 is 2.20 bits per heavy atom. The van der Waals surface area contributed by atoms with Crippen LogP contribution in [0, 0.1) is 19.4 Å². The quantitative estimate of drug-likeness (QED) is 0.107. The molecule has 3 N–H and O–H groups in total. The van der Waals surface area contributed by atoms with Crippen LogP contribution in [0.3, 0.4) is 0 Å². The van der Waals surface area contributed by atoms with Crippen LogP contribution in [0.5, 0.6) is 0 Å². The smallest absolute Gasteiger partial charge is 0.364 e. The molecule has 0 radical (unpaired) electrons. The predicted octanol–water partition coefficient (Wildman–Crippen LogP) is 0.208.